The van der Waals surface area contributed by atoms with E-state index in [9.17, 15) is 14.4 Å². The first-order chi connectivity index (χ1) is 10.4. The molecule has 0 aromatic carbocycles. The van der Waals surface area contributed by atoms with Crippen molar-refractivity contribution in [1.29, 1.82) is 0 Å². The molecule has 0 bridgehead atoms. The summed E-state index contributed by atoms with van der Waals surface area (Å²) in [7, 11) is 3.10. The van der Waals surface area contributed by atoms with Gasteiger partial charge in [-0.1, -0.05) is 0 Å². The Morgan fingerprint density at radius 2 is 2.09 bits per heavy atom. The quantitative estimate of drug-likeness (QED) is 0.660. The molecule has 0 saturated carbocycles. The van der Waals surface area contributed by atoms with E-state index in [1.165, 1.54) is 16.2 Å². The molecule has 1 aliphatic heterocycles. The predicted molar refractivity (Wildman–Crippen MR) is 74.8 cm³/mol. The van der Waals surface area contributed by atoms with Crippen molar-refractivity contribution >= 4 is 17.3 Å². The number of carboxylic acid groups (broad SMARTS) is 1. The van der Waals surface area contributed by atoms with E-state index in [2.05, 4.69) is 15.3 Å². The number of ether oxygens (including phenoxy) is 1. The van der Waals surface area contributed by atoms with Crippen molar-refractivity contribution in [2.75, 3.05) is 13.2 Å². The third kappa shape index (κ3) is 2.08. The van der Waals surface area contributed by atoms with Gasteiger partial charge in [-0.25, -0.2) is 14.6 Å². The summed E-state index contributed by atoms with van der Waals surface area (Å²) in [6, 6.07) is -0.613. The highest BCUT2D eigenvalue weighted by Crippen LogP contribution is 2.28. The zero-order valence-electron chi connectivity index (χ0n) is 12.0. The average Bonchev–Trinajstić information content (AvgIpc) is 2.71. The van der Waals surface area contributed by atoms with Crippen LogP contribution in [0, 0.1) is 5.92 Å². The molecule has 1 unspecified atom stereocenters. The standard InChI is InChI=1S/C12H15N5O5/c1-16-7-9(17(2)11(19)15-10(7)18)14-8(16)6(13-12(20)21)5-3-22-4-5/h5-6,13H,3-4H2,1-2H3,(H,20,21)(H,15,18,19). The summed E-state index contributed by atoms with van der Waals surface area (Å²) in [5.74, 6) is 0.306. The second-order valence-corrected chi connectivity index (χ2v) is 5.24. The lowest BCUT2D eigenvalue weighted by Crippen LogP contribution is -2.43. The number of amides is 1. The van der Waals surface area contributed by atoms with E-state index in [-0.39, 0.29) is 17.1 Å². The number of hydrogen-bond donors (Lipinski definition) is 3. The first-order valence-corrected chi connectivity index (χ1v) is 6.63. The number of rotatable bonds is 3. The van der Waals surface area contributed by atoms with Crippen LogP contribution in [0.5, 0.6) is 0 Å². The zero-order chi connectivity index (χ0) is 16.0. The van der Waals surface area contributed by atoms with Crippen LogP contribution in [0.15, 0.2) is 9.59 Å². The Morgan fingerprint density at radius 1 is 1.41 bits per heavy atom. The van der Waals surface area contributed by atoms with Crippen LogP contribution in [0.3, 0.4) is 0 Å². The van der Waals surface area contributed by atoms with Crippen molar-refractivity contribution in [3.05, 3.63) is 26.7 Å². The van der Waals surface area contributed by atoms with Gasteiger partial charge in [-0.3, -0.25) is 14.3 Å². The Labute approximate surface area is 123 Å². The highest BCUT2D eigenvalue weighted by molar-refractivity contribution is 5.71. The van der Waals surface area contributed by atoms with Gasteiger partial charge < -0.3 is 19.7 Å². The summed E-state index contributed by atoms with van der Waals surface area (Å²) in [5, 5.41) is 11.4. The molecular formula is C12H15N5O5. The van der Waals surface area contributed by atoms with Crippen LogP contribution in [0.1, 0.15) is 11.9 Å². The normalized spacial score (nSPS) is 16.5. The van der Waals surface area contributed by atoms with Crippen LogP contribution in [-0.2, 0) is 18.8 Å². The second kappa shape index (κ2) is 4.98. The number of nitrogens with one attached hydrogen (secondary N) is 2. The maximum absolute atomic E-state index is 12.0. The highest BCUT2D eigenvalue weighted by atomic mass is 16.5. The average molecular weight is 309 g/mol. The highest BCUT2D eigenvalue weighted by Gasteiger charge is 2.34. The fraction of sp³-hybridized carbons (Fsp3) is 0.500. The number of hydrogen-bond acceptors (Lipinski definition) is 5. The maximum atomic E-state index is 12.0. The molecule has 2 aromatic heterocycles. The topological polar surface area (TPSA) is 131 Å². The van der Waals surface area contributed by atoms with Crippen LogP contribution in [0.25, 0.3) is 11.2 Å². The van der Waals surface area contributed by atoms with Gasteiger partial charge in [-0.15, -0.1) is 0 Å². The number of nitrogens with zero attached hydrogens (tertiary/aromatic N) is 3. The Morgan fingerprint density at radius 3 is 2.64 bits per heavy atom. The first-order valence-electron chi connectivity index (χ1n) is 6.63. The van der Waals surface area contributed by atoms with Gasteiger partial charge in [0, 0.05) is 20.0 Å². The molecule has 0 spiro atoms. The minimum absolute atomic E-state index is 0.0669. The lowest BCUT2D eigenvalue weighted by molar-refractivity contribution is -0.0508. The van der Waals surface area contributed by atoms with Crippen molar-refractivity contribution in [1.82, 2.24) is 24.4 Å². The van der Waals surface area contributed by atoms with E-state index in [0.29, 0.717) is 19.0 Å². The number of carbonyl (C=O) groups is 1. The van der Waals surface area contributed by atoms with Crippen LogP contribution in [0.2, 0.25) is 0 Å². The zero-order valence-corrected chi connectivity index (χ0v) is 12.0. The SMILES string of the molecule is Cn1c(C(NC(=O)O)C2COC2)nc2c1c(=O)[nH]c(=O)n2C. The van der Waals surface area contributed by atoms with Gasteiger partial charge in [-0.2, -0.15) is 0 Å². The van der Waals surface area contributed by atoms with Crippen molar-refractivity contribution in [2.24, 2.45) is 20.0 Å². The van der Waals surface area contributed by atoms with E-state index < -0.39 is 23.4 Å². The number of H-pyrrole nitrogens is 1. The molecule has 10 nitrogen and oxygen atoms in total. The van der Waals surface area contributed by atoms with Crippen molar-refractivity contribution < 1.29 is 14.6 Å². The Hall–Kier alpha value is -2.62. The minimum Gasteiger partial charge on any atom is -0.465 e. The van der Waals surface area contributed by atoms with Crippen LogP contribution in [0.4, 0.5) is 4.79 Å². The van der Waals surface area contributed by atoms with Crippen LogP contribution >= 0.6 is 0 Å². The predicted octanol–water partition coefficient (Wildman–Crippen LogP) is -1.08. The molecular weight excluding hydrogens is 294 g/mol. The van der Waals surface area contributed by atoms with Crippen LogP contribution < -0.4 is 16.6 Å². The summed E-state index contributed by atoms with van der Waals surface area (Å²) in [5.41, 5.74) is -0.701. The van der Waals surface area contributed by atoms with Crippen molar-refractivity contribution in [3.63, 3.8) is 0 Å². The van der Waals surface area contributed by atoms with E-state index in [0.717, 1.165) is 0 Å². The van der Waals surface area contributed by atoms with Gasteiger partial charge in [0.05, 0.1) is 19.3 Å². The smallest absolute Gasteiger partial charge is 0.405 e. The monoisotopic (exact) mass is 309 g/mol. The fourth-order valence-corrected chi connectivity index (χ4v) is 2.58. The summed E-state index contributed by atoms with van der Waals surface area (Å²) in [4.78, 5) is 41.2. The molecule has 1 fully saturated rings. The summed E-state index contributed by atoms with van der Waals surface area (Å²) >= 11 is 0. The molecule has 1 saturated heterocycles. The number of aromatic amines is 1. The molecule has 118 valence electrons. The Kier molecular flexibility index (Phi) is 3.24. The van der Waals surface area contributed by atoms with Gasteiger partial charge in [0.15, 0.2) is 11.2 Å². The number of fused-ring (bicyclic) bond motifs is 1. The molecule has 2 aromatic rings. The van der Waals surface area contributed by atoms with E-state index in [1.54, 1.807) is 7.05 Å². The van der Waals surface area contributed by atoms with Gasteiger partial charge in [0.1, 0.15) is 5.82 Å². The molecule has 0 aliphatic carbocycles. The molecule has 3 N–H and O–H groups in total. The number of aryl methyl sites for hydroxylation is 2. The Balaban J connectivity index is 2.21. The van der Waals surface area contributed by atoms with Gasteiger partial charge in [0.25, 0.3) is 5.56 Å². The van der Waals surface area contributed by atoms with E-state index in [4.69, 9.17) is 9.84 Å². The van der Waals surface area contributed by atoms with Gasteiger partial charge in [0.2, 0.25) is 0 Å². The maximum Gasteiger partial charge on any atom is 0.405 e. The summed E-state index contributed by atoms with van der Waals surface area (Å²) in [6.45, 7) is 0.812. The van der Waals surface area contributed by atoms with E-state index >= 15 is 0 Å². The second-order valence-electron chi connectivity index (χ2n) is 5.24. The third-order valence-electron chi connectivity index (χ3n) is 3.86. The molecule has 3 rings (SSSR count). The minimum atomic E-state index is -1.19. The molecule has 1 atom stereocenters. The number of imidazole rings is 1. The number of aromatic nitrogens is 4. The molecule has 22 heavy (non-hydrogen) atoms. The molecule has 1 amide bonds. The third-order valence-corrected chi connectivity index (χ3v) is 3.86. The fourth-order valence-electron chi connectivity index (χ4n) is 2.58. The largest absolute Gasteiger partial charge is 0.465 e. The summed E-state index contributed by atoms with van der Waals surface area (Å²) in [6.07, 6.45) is -1.19. The lowest BCUT2D eigenvalue weighted by atomic mass is 9.97. The molecule has 1 aliphatic rings. The van der Waals surface area contributed by atoms with Gasteiger partial charge >= 0.3 is 11.8 Å². The van der Waals surface area contributed by atoms with Gasteiger partial charge in [-0.05, 0) is 0 Å². The van der Waals surface area contributed by atoms with Crippen molar-refractivity contribution in [3.8, 4) is 0 Å². The summed E-state index contributed by atoms with van der Waals surface area (Å²) < 4.78 is 7.83. The van der Waals surface area contributed by atoms with E-state index in [1.807, 2.05) is 0 Å². The molecule has 0 radical (unpaired) electrons. The molecule has 3 heterocycles. The first kappa shape index (κ1) is 14.3. The molecule has 10 heteroatoms. The lowest BCUT2D eigenvalue weighted by Gasteiger charge is -2.32. The van der Waals surface area contributed by atoms with Crippen LogP contribution in [-0.4, -0.2) is 43.5 Å². The Bertz CT molecular complexity index is 859. The van der Waals surface area contributed by atoms with Crippen molar-refractivity contribution in [2.45, 2.75) is 6.04 Å².